The molecule has 0 aliphatic heterocycles. The topological polar surface area (TPSA) is 60.7 Å². The predicted octanol–water partition coefficient (Wildman–Crippen LogP) is 5.70. The lowest BCUT2D eigenvalue weighted by Crippen LogP contribution is -1.88. The Morgan fingerprint density at radius 2 is 0.846 bits per heavy atom. The van der Waals surface area contributed by atoms with Crippen LogP contribution in [0.15, 0.2) is 48.5 Å². The van der Waals surface area contributed by atoms with Crippen LogP contribution in [0.25, 0.3) is 11.1 Å². The molecular formula is C23H26O3. The van der Waals surface area contributed by atoms with Crippen molar-refractivity contribution in [1.82, 2.24) is 0 Å². The zero-order valence-corrected chi connectivity index (χ0v) is 16.0. The minimum absolute atomic E-state index is 0.353. The molecule has 0 fully saturated rings. The van der Waals surface area contributed by atoms with Crippen molar-refractivity contribution in [2.75, 3.05) is 0 Å². The van der Waals surface area contributed by atoms with E-state index < -0.39 is 0 Å². The van der Waals surface area contributed by atoms with Gasteiger partial charge in [-0.15, -0.1) is 0 Å². The van der Waals surface area contributed by atoms with Gasteiger partial charge in [-0.1, -0.05) is 18.2 Å². The van der Waals surface area contributed by atoms with Gasteiger partial charge in [0, 0.05) is 0 Å². The highest BCUT2D eigenvalue weighted by atomic mass is 16.3. The van der Waals surface area contributed by atoms with Gasteiger partial charge in [0.25, 0.3) is 0 Å². The third-order valence-corrected chi connectivity index (χ3v) is 4.43. The van der Waals surface area contributed by atoms with Crippen molar-refractivity contribution in [3.8, 4) is 28.4 Å². The molecular weight excluding hydrogens is 324 g/mol. The number of aromatic hydroxyl groups is 3. The van der Waals surface area contributed by atoms with Gasteiger partial charge in [-0.3, -0.25) is 0 Å². The van der Waals surface area contributed by atoms with Gasteiger partial charge in [0.05, 0.1) is 0 Å². The summed E-state index contributed by atoms with van der Waals surface area (Å²) in [6, 6.07) is 15.1. The molecule has 3 aromatic rings. The van der Waals surface area contributed by atoms with Crippen LogP contribution in [-0.4, -0.2) is 15.3 Å². The molecule has 3 rings (SSSR count). The van der Waals surface area contributed by atoms with Gasteiger partial charge < -0.3 is 15.3 Å². The highest BCUT2D eigenvalue weighted by Crippen LogP contribution is 2.32. The van der Waals surface area contributed by atoms with Crippen molar-refractivity contribution in [2.24, 2.45) is 0 Å². The van der Waals surface area contributed by atoms with Crippen LogP contribution in [0.2, 0.25) is 0 Å². The highest BCUT2D eigenvalue weighted by Gasteiger charge is 2.08. The average molecular weight is 350 g/mol. The molecule has 3 heteroatoms. The monoisotopic (exact) mass is 350 g/mol. The number of aryl methyl sites for hydroxylation is 5. The Labute approximate surface area is 155 Å². The van der Waals surface area contributed by atoms with Gasteiger partial charge in [-0.05, 0) is 104 Å². The standard InChI is InChI=1S/C16H18O2.C7H8O/c1-9-5-13(6-10(2)15(9)17)14-7-11(3)16(18)12(4)8-14;1-6-4-2-3-5-7(6)8/h5-8,17-18H,1-4H3;2-5,8H,1H3. The maximum atomic E-state index is 9.79. The van der Waals surface area contributed by atoms with E-state index in [4.69, 9.17) is 5.11 Å². The maximum absolute atomic E-state index is 9.79. The Kier molecular flexibility index (Phi) is 5.93. The Bertz CT molecular complexity index is 804. The highest BCUT2D eigenvalue weighted by molar-refractivity contribution is 5.70. The molecule has 3 aromatic carbocycles. The van der Waals surface area contributed by atoms with E-state index in [1.807, 2.05) is 77.1 Å². The molecule has 26 heavy (non-hydrogen) atoms. The summed E-state index contributed by atoms with van der Waals surface area (Å²) in [5.41, 5.74) is 6.53. The lowest BCUT2D eigenvalue weighted by atomic mass is 9.96. The minimum Gasteiger partial charge on any atom is -0.508 e. The van der Waals surface area contributed by atoms with Crippen LogP contribution in [0.5, 0.6) is 17.2 Å². The van der Waals surface area contributed by atoms with Crippen LogP contribution in [0.3, 0.4) is 0 Å². The van der Waals surface area contributed by atoms with Crippen LogP contribution in [0.1, 0.15) is 27.8 Å². The lowest BCUT2D eigenvalue weighted by molar-refractivity contribution is 0.466. The van der Waals surface area contributed by atoms with Crippen LogP contribution < -0.4 is 0 Å². The zero-order chi connectivity index (χ0) is 19.4. The molecule has 0 saturated carbocycles. The zero-order valence-electron chi connectivity index (χ0n) is 16.0. The summed E-state index contributed by atoms with van der Waals surface area (Å²) in [5, 5.41) is 28.5. The SMILES string of the molecule is Cc1cc(-c2cc(C)c(O)c(C)c2)cc(C)c1O.Cc1ccccc1O. The van der Waals surface area contributed by atoms with Crippen molar-refractivity contribution < 1.29 is 15.3 Å². The number of benzene rings is 3. The van der Waals surface area contributed by atoms with E-state index in [0.717, 1.165) is 38.9 Å². The average Bonchev–Trinajstić information content (AvgIpc) is 2.60. The molecule has 0 saturated heterocycles. The predicted molar refractivity (Wildman–Crippen MR) is 107 cm³/mol. The van der Waals surface area contributed by atoms with E-state index >= 15 is 0 Å². The van der Waals surface area contributed by atoms with Gasteiger partial charge >= 0.3 is 0 Å². The molecule has 0 radical (unpaired) electrons. The molecule has 0 spiro atoms. The van der Waals surface area contributed by atoms with Gasteiger partial charge in [0.2, 0.25) is 0 Å². The van der Waals surface area contributed by atoms with Crippen LogP contribution >= 0.6 is 0 Å². The summed E-state index contributed by atoms with van der Waals surface area (Å²) in [6.45, 7) is 9.45. The number of para-hydroxylation sites is 1. The number of hydrogen-bond acceptors (Lipinski definition) is 3. The number of phenolic OH excluding ortho intramolecular Hbond substituents is 3. The second-order valence-corrected chi connectivity index (χ2v) is 6.70. The van der Waals surface area contributed by atoms with Gasteiger partial charge in [-0.25, -0.2) is 0 Å². The summed E-state index contributed by atoms with van der Waals surface area (Å²) < 4.78 is 0. The van der Waals surface area contributed by atoms with Crippen LogP contribution in [-0.2, 0) is 0 Å². The summed E-state index contributed by atoms with van der Waals surface area (Å²) in [7, 11) is 0. The van der Waals surface area contributed by atoms with E-state index in [1.54, 1.807) is 6.07 Å². The smallest absolute Gasteiger partial charge is 0.121 e. The van der Waals surface area contributed by atoms with E-state index in [0.29, 0.717) is 17.2 Å². The van der Waals surface area contributed by atoms with Gasteiger partial charge in [-0.2, -0.15) is 0 Å². The number of rotatable bonds is 1. The van der Waals surface area contributed by atoms with E-state index in [-0.39, 0.29) is 0 Å². The van der Waals surface area contributed by atoms with Crippen molar-refractivity contribution in [1.29, 1.82) is 0 Å². The lowest BCUT2D eigenvalue weighted by Gasteiger charge is -2.11. The maximum Gasteiger partial charge on any atom is 0.121 e. The quantitative estimate of drug-likeness (QED) is 0.527. The molecule has 0 heterocycles. The first-order valence-corrected chi connectivity index (χ1v) is 8.56. The Balaban J connectivity index is 0.000000254. The summed E-state index contributed by atoms with van der Waals surface area (Å²) in [4.78, 5) is 0. The van der Waals surface area contributed by atoms with Crippen molar-refractivity contribution >= 4 is 0 Å². The second-order valence-electron chi connectivity index (χ2n) is 6.70. The van der Waals surface area contributed by atoms with Crippen LogP contribution in [0, 0.1) is 34.6 Å². The van der Waals surface area contributed by atoms with E-state index in [9.17, 15) is 10.2 Å². The normalized spacial score (nSPS) is 10.2. The van der Waals surface area contributed by atoms with E-state index in [1.165, 1.54) is 0 Å². The molecule has 0 amide bonds. The minimum atomic E-state index is 0.353. The molecule has 0 bridgehead atoms. The first-order chi connectivity index (χ1) is 12.2. The fraction of sp³-hybridized carbons (Fsp3) is 0.217. The second kappa shape index (κ2) is 7.96. The van der Waals surface area contributed by atoms with Gasteiger partial charge in [0.15, 0.2) is 0 Å². The summed E-state index contributed by atoms with van der Waals surface area (Å²) in [5.74, 6) is 1.07. The fourth-order valence-corrected chi connectivity index (χ4v) is 2.81. The largest absolute Gasteiger partial charge is 0.508 e. The molecule has 0 atom stereocenters. The first kappa shape index (κ1) is 19.4. The van der Waals surface area contributed by atoms with E-state index in [2.05, 4.69) is 0 Å². The summed E-state index contributed by atoms with van der Waals surface area (Å²) >= 11 is 0. The van der Waals surface area contributed by atoms with Crippen molar-refractivity contribution in [2.45, 2.75) is 34.6 Å². The Hall–Kier alpha value is -2.94. The first-order valence-electron chi connectivity index (χ1n) is 8.56. The van der Waals surface area contributed by atoms with Crippen LogP contribution in [0.4, 0.5) is 0 Å². The number of phenols is 3. The van der Waals surface area contributed by atoms with Crippen molar-refractivity contribution in [3.63, 3.8) is 0 Å². The Morgan fingerprint density at radius 3 is 1.12 bits per heavy atom. The molecule has 0 aliphatic rings. The Morgan fingerprint density at radius 1 is 0.500 bits per heavy atom. The van der Waals surface area contributed by atoms with Gasteiger partial charge in [0.1, 0.15) is 17.2 Å². The van der Waals surface area contributed by atoms with Crippen molar-refractivity contribution in [3.05, 3.63) is 76.3 Å². The fourth-order valence-electron chi connectivity index (χ4n) is 2.81. The molecule has 0 aliphatic carbocycles. The molecule has 3 nitrogen and oxygen atoms in total. The molecule has 0 unspecified atom stereocenters. The summed E-state index contributed by atoms with van der Waals surface area (Å²) in [6.07, 6.45) is 0. The third-order valence-electron chi connectivity index (χ3n) is 4.43. The molecule has 136 valence electrons. The molecule has 0 aromatic heterocycles. The third kappa shape index (κ3) is 4.37. The molecule has 3 N–H and O–H groups in total. The number of hydrogen-bond donors (Lipinski definition) is 3.